The van der Waals surface area contributed by atoms with Crippen molar-refractivity contribution in [2.45, 2.75) is 19.4 Å². The Morgan fingerprint density at radius 2 is 2.05 bits per heavy atom. The SMILES string of the molecule is Cc1nn2c(c1-c1ccccc1)NCC1CNCCC12. The number of anilines is 1. The van der Waals surface area contributed by atoms with Crippen molar-refractivity contribution in [3.8, 4) is 11.1 Å². The summed E-state index contributed by atoms with van der Waals surface area (Å²) in [5.74, 6) is 1.86. The molecule has 0 amide bonds. The van der Waals surface area contributed by atoms with Crippen LogP contribution in [-0.4, -0.2) is 29.4 Å². The van der Waals surface area contributed by atoms with Gasteiger partial charge in [-0.2, -0.15) is 5.10 Å². The second kappa shape index (κ2) is 4.63. The van der Waals surface area contributed by atoms with Crippen LogP contribution < -0.4 is 10.6 Å². The van der Waals surface area contributed by atoms with E-state index in [2.05, 4.69) is 52.6 Å². The van der Waals surface area contributed by atoms with Crippen molar-refractivity contribution in [2.24, 2.45) is 5.92 Å². The number of nitrogens with zero attached hydrogens (tertiary/aromatic N) is 2. The molecule has 20 heavy (non-hydrogen) atoms. The Balaban J connectivity index is 1.82. The maximum Gasteiger partial charge on any atom is 0.132 e. The highest BCUT2D eigenvalue weighted by Crippen LogP contribution is 2.39. The van der Waals surface area contributed by atoms with E-state index in [4.69, 9.17) is 5.10 Å². The van der Waals surface area contributed by atoms with Gasteiger partial charge in [0.25, 0.3) is 0 Å². The van der Waals surface area contributed by atoms with E-state index in [0.29, 0.717) is 12.0 Å². The average Bonchev–Trinajstić information content (AvgIpc) is 2.84. The van der Waals surface area contributed by atoms with Crippen LogP contribution in [0.3, 0.4) is 0 Å². The highest BCUT2D eigenvalue weighted by Gasteiger charge is 2.34. The Labute approximate surface area is 119 Å². The molecule has 0 bridgehead atoms. The fourth-order valence-corrected chi connectivity index (χ4v) is 3.57. The average molecular weight is 268 g/mol. The summed E-state index contributed by atoms with van der Waals surface area (Å²) in [6, 6.07) is 11.1. The monoisotopic (exact) mass is 268 g/mol. The Kier molecular flexibility index (Phi) is 2.77. The van der Waals surface area contributed by atoms with E-state index in [0.717, 1.165) is 25.3 Å². The zero-order chi connectivity index (χ0) is 13.5. The van der Waals surface area contributed by atoms with Gasteiger partial charge < -0.3 is 10.6 Å². The van der Waals surface area contributed by atoms with Crippen LogP contribution in [0.15, 0.2) is 30.3 Å². The Hall–Kier alpha value is -1.81. The molecule has 0 radical (unpaired) electrons. The summed E-state index contributed by atoms with van der Waals surface area (Å²) in [6.07, 6.45) is 1.18. The third kappa shape index (κ3) is 1.75. The topological polar surface area (TPSA) is 41.9 Å². The molecule has 1 fully saturated rings. The maximum absolute atomic E-state index is 4.84. The quantitative estimate of drug-likeness (QED) is 0.834. The highest BCUT2D eigenvalue weighted by molar-refractivity contribution is 5.78. The van der Waals surface area contributed by atoms with E-state index in [1.807, 2.05) is 0 Å². The molecule has 1 saturated heterocycles. The Bertz CT molecular complexity index is 617. The third-order valence-electron chi connectivity index (χ3n) is 4.56. The van der Waals surface area contributed by atoms with Gasteiger partial charge in [0.15, 0.2) is 0 Å². The zero-order valence-corrected chi connectivity index (χ0v) is 11.8. The lowest BCUT2D eigenvalue weighted by atomic mass is 9.91. The summed E-state index contributed by atoms with van der Waals surface area (Å²) in [5, 5.41) is 11.9. The molecule has 0 spiro atoms. The fraction of sp³-hybridized carbons (Fsp3) is 0.438. The highest BCUT2D eigenvalue weighted by atomic mass is 15.4. The van der Waals surface area contributed by atoms with Crippen LogP contribution in [0.5, 0.6) is 0 Å². The van der Waals surface area contributed by atoms with Crippen molar-refractivity contribution >= 4 is 5.82 Å². The summed E-state index contributed by atoms with van der Waals surface area (Å²) in [6.45, 7) is 5.35. The molecule has 2 aromatic rings. The lowest BCUT2D eigenvalue weighted by molar-refractivity contribution is 0.237. The van der Waals surface area contributed by atoms with Crippen LogP contribution in [0.2, 0.25) is 0 Å². The van der Waals surface area contributed by atoms with Crippen molar-refractivity contribution in [1.29, 1.82) is 0 Å². The molecule has 3 heterocycles. The van der Waals surface area contributed by atoms with Gasteiger partial charge >= 0.3 is 0 Å². The number of benzene rings is 1. The number of aromatic nitrogens is 2. The minimum absolute atomic E-state index is 0.545. The molecule has 4 heteroatoms. The van der Waals surface area contributed by atoms with Crippen LogP contribution in [0.25, 0.3) is 11.1 Å². The van der Waals surface area contributed by atoms with Crippen LogP contribution in [0.1, 0.15) is 18.2 Å². The first-order valence-corrected chi connectivity index (χ1v) is 7.43. The number of hydrogen-bond donors (Lipinski definition) is 2. The van der Waals surface area contributed by atoms with Gasteiger partial charge in [0.2, 0.25) is 0 Å². The van der Waals surface area contributed by atoms with Crippen molar-refractivity contribution in [1.82, 2.24) is 15.1 Å². The first-order chi connectivity index (χ1) is 9.84. The van der Waals surface area contributed by atoms with Crippen LogP contribution in [0, 0.1) is 12.8 Å². The number of fused-ring (bicyclic) bond motifs is 3. The lowest BCUT2D eigenvalue weighted by Gasteiger charge is -2.37. The van der Waals surface area contributed by atoms with Gasteiger partial charge in [-0.05, 0) is 25.5 Å². The molecule has 4 rings (SSSR count). The van der Waals surface area contributed by atoms with Crippen molar-refractivity contribution in [3.63, 3.8) is 0 Å². The summed E-state index contributed by atoms with van der Waals surface area (Å²) < 4.78 is 2.24. The van der Waals surface area contributed by atoms with E-state index >= 15 is 0 Å². The number of piperidine rings is 1. The van der Waals surface area contributed by atoms with Crippen molar-refractivity contribution in [2.75, 3.05) is 25.0 Å². The van der Waals surface area contributed by atoms with E-state index in [1.165, 1.54) is 23.4 Å². The van der Waals surface area contributed by atoms with Crippen LogP contribution >= 0.6 is 0 Å². The maximum atomic E-state index is 4.84. The van der Waals surface area contributed by atoms with Gasteiger partial charge in [-0.15, -0.1) is 0 Å². The summed E-state index contributed by atoms with van der Waals surface area (Å²) in [7, 11) is 0. The fourth-order valence-electron chi connectivity index (χ4n) is 3.57. The van der Waals surface area contributed by atoms with Gasteiger partial charge in [-0.3, -0.25) is 0 Å². The zero-order valence-electron chi connectivity index (χ0n) is 11.8. The molecular weight excluding hydrogens is 248 g/mol. The summed E-state index contributed by atoms with van der Waals surface area (Å²) in [5.41, 5.74) is 3.64. The van der Waals surface area contributed by atoms with Gasteiger partial charge in [-0.25, -0.2) is 4.68 Å². The number of rotatable bonds is 1. The second-order valence-electron chi connectivity index (χ2n) is 5.82. The molecule has 2 atom stereocenters. The number of aryl methyl sites for hydroxylation is 1. The van der Waals surface area contributed by atoms with Gasteiger partial charge in [0, 0.05) is 24.6 Å². The Morgan fingerprint density at radius 1 is 1.20 bits per heavy atom. The third-order valence-corrected chi connectivity index (χ3v) is 4.56. The normalized spacial score (nSPS) is 24.6. The number of nitrogens with one attached hydrogen (secondary N) is 2. The van der Waals surface area contributed by atoms with E-state index < -0.39 is 0 Å². The van der Waals surface area contributed by atoms with Crippen LogP contribution in [0.4, 0.5) is 5.82 Å². The molecule has 2 unspecified atom stereocenters. The molecule has 4 nitrogen and oxygen atoms in total. The molecule has 2 aliphatic rings. The van der Waals surface area contributed by atoms with Gasteiger partial charge in [0.05, 0.1) is 11.7 Å². The van der Waals surface area contributed by atoms with E-state index in [9.17, 15) is 0 Å². The molecule has 0 aliphatic carbocycles. The smallest absolute Gasteiger partial charge is 0.132 e. The lowest BCUT2D eigenvalue weighted by Crippen LogP contribution is -2.44. The molecule has 2 N–H and O–H groups in total. The second-order valence-corrected chi connectivity index (χ2v) is 5.82. The summed E-state index contributed by atoms with van der Waals surface area (Å²) in [4.78, 5) is 0. The molecule has 0 saturated carbocycles. The van der Waals surface area contributed by atoms with Crippen molar-refractivity contribution < 1.29 is 0 Å². The minimum Gasteiger partial charge on any atom is -0.369 e. The van der Waals surface area contributed by atoms with Gasteiger partial charge in [-0.1, -0.05) is 30.3 Å². The molecular formula is C16H20N4. The number of hydrogen-bond acceptors (Lipinski definition) is 3. The standard InChI is InChI=1S/C16H20N4/c1-11-15(12-5-3-2-4-6-12)16-18-10-13-9-17-8-7-14(13)20(16)19-11/h2-6,13-14,17-18H,7-10H2,1H3. The largest absolute Gasteiger partial charge is 0.369 e. The molecule has 104 valence electrons. The minimum atomic E-state index is 0.545. The van der Waals surface area contributed by atoms with E-state index in [-0.39, 0.29) is 0 Å². The Morgan fingerprint density at radius 3 is 2.90 bits per heavy atom. The van der Waals surface area contributed by atoms with Gasteiger partial charge in [0.1, 0.15) is 5.82 Å². The first kappa shape index (κ1) is 12.0. The molecule has 1 aromatic heterocycles. The summed E-state index contributed by atoms with van der Waals surface area (Å²) >= 11 is 0. The van der Waals surface area contributed by atoms with E-state index in [1.54, 1.807) is 0 Å². The molecule has 2 aliphatic heterocycles. The van der Waals surface area contributed by atoms with Crippen LogP contribution in [-0.2, 0) is 0 Å². The predicted octanol–water partition coefficient (Wildman–Crippen LogP) is 2.43. The molecule has 1 aromatic carbocycles. The van der Waals surface area contributed by atoms with Crippen molar-refractivity contribution in [3.05, 3.63) is 36.0 Å². The first-order valence-electron chi connectivity index (χ1n) is 7.43. The predicted molar refractivity (Wildman–Crippen MR) is 80.9 cm³/mol.